The normalized spacial score (nSPS) is 14.5. The molecule has 2 N–H and O–H groups in total. The van der Waals surface area contributed by atoms with Crippen LogP contribution in [0, 0.1) is 0 Å². The van der Waals surface area contributed by atoms with E-state index in [1.54, 1.807) is 17.3 Å². The molecule has 0 aliphatic carbocycles. The molecule has 3 rings (SSSR count). The Morgan fingerprint density at radius 2 is 1.88 bits per heavy atom. The standard InChI is InChI=1S/C20H26N4O2/c1-20(2,3)26-19(25)24-8-6-15-5-4-14(10-16(15)7-9-24)11-17-12-23-18(21)13-22-17/h4-5,10,12-13H,6-9,11H2,1-3H3,(H2,21,23). The second kappa shape index (κ2) is 7.32. The quantitative estimate of drug-likeness (QED) is 0.896. The highest BCUT2D eigenvalue weighted by Crippen LogP contribution is 2.20. The summed E-state index contributed by atoms with van der Waals surface area (Å²) in [6.45, 7) is 7.04. The lowest BCUT2D eigenvalue weighted by atomic mass is 9.98. The van der Waals surface area contributed by atoms with Gasteiger partial charge in [0.05, 0.1) is 18.1 Å². The molecular weight excluding hydrogens is 328 g/mol. The molecule has 2 aromatic rings. The summed E-state index contributed by atoms with van der Waals surface area (Å²) >= 11 is 0. The lowest BCUT2D eigenvalue weighted by Gasteiger charge is -2.26. The molecule has 1 amide bonds. The summed E-state index contributed by atoms with van der Waals surface area (Å²) in [5, 5.41) is 0. The van der Waals surface area contributed by atoms with Crippen LogP contribution >= 0.6 is 0 Å². The maximum Gasteiger partial charge on any atom is 0.410 e. The highest BCUT2D eigenvalue weighted by molar-refractivity contribution is 5.68. The van der Waals surface area contributed by atoms with E-state index in [1.807, 2.05) is 20.8 Å². The second-order valence-corrected chi connectivity index (χ2v) is 7.68. The van der Waals surface area contributed by atoms with E-state index in [4.69, 9.17) is 10.5 Å². The number of nitrogens with two attached hydrogens (primary N) is 1. The highest BCUT2D eigenvalue weighted by atomic mass is 16.6. The molecule has 1 aromatic carbocycles. The van der Waals surface area contributed by atoms with Gasteiger partial charge in [-0.05, 0) is 50.3 Å². The highest BCUT2D eigenvalue weighted by Gasteiger charge is 2.24. The van der Waals surface area contributed by atoms with Crippen LogP contribution in [0.15, 0.2) is 30.6 Å². The average Bonchev–Trinajstić information content (AvgIpc) is 2.78. The van der Waals surface area contributed by atoms with Gasteiger partial charge in [0, 0.05) is 19.5 Å². The summed E-state index contributed by atoms with van der Waals surface area (Å²) in [6.07, 6.45) is 5.45. The third kappa shape index (κ3) is 4.71. The molecule has 0 unspecified atom stereocenters. The van der Waals surface area contributed by atoms with Crippen LogP contribution in [0.3, 0.4) is 0 Å². The Morgan fingerprint density at radius 1 is 1.15 bits per heavy atom. The van der Waals surface area contributed by atoms with Gasteiger partial charge in [0.25, 0.3) is 0 Å². The van der Waals surface area contributed by atoms with Crippen LogP contribution in [0.5, 0.6) is 0 Å². The molecule has 0 spiro atoms. The van der Waals surface area contributed by atoms with Crippen molar-refractivity contribution in [1.29, 1.82) is 0 Å². The van der Waals surface area contributed by atoms with Crippen LogP contribution in [0.1, 0.15) is 43.2 Å². The van der Waals surface area contributed by atoms with Crippen LogP contribution in [0.2, 0.25) is 0 Å². The molecule has 0 bridgehead atoms. The van der Waals surface area contributed by atoms with E-state index in [1.165, 1.54) is 16.7 Å². The van der Waals surface area contributed by atoms with Crippen molar-refractivity contribution < 1.29 is 9.53 Å². The Balaban J connectivity index is 1.68. The molecule has 0 saturated carbocycles. The number of nitrogen functional groups attached to an aromatic ring is 1. The smallest absolute Gasteiger partial charge is 0.410 e. The average molecular weight is 354 g/mol. The molecule has 0 saturated heterocycles. The number of hydrogen-bond donors (Lipinski definition) is 1. The minimum atomic E-state index is -0.469. The van der Waals surface area contributed by atoms with Gasteiger partial charge >= 0.3 is 6.09 Å². The zero-order valence-corrected chi connectivity index (χ0v) is 15.7. The van der Waals surface area contributed by atoms with E-state index in [-0.39, 0.29) is 6.09 Å². The van der Waals surface area contributed by atoms with E-state index in [9.17, 15) is 4.79 Å². The number of anilines is 1. The van der Waals surface area contributed by atoms with E-state index < -0.39 is 5.60 Å². The van der Waals surface area contributed by atoms with Gasteiger partial charge in [-0.25, -0.2) is 9.78 Å². The molecule has 1 aromatic heterocycles. The van der Waals surface area contributed by atoms with Crippen molar-refractivity contribution in [2.45, 2.75) is 45.6 Å². The first-order valence-electron chi connectivity index (χ1n) is 8.95. The number of hydrogen-bond acceptors (Lipinski definition) is 5. The van der Waals surface area contributed by atoms with Crippen molar-refractivity contribution in [3.8, 4) is 0 Å². The van der Waals surface area contributed by atoms with Gasteiger partial charge in [-0.15, -0.1) is 0 Å². The van der Waals surface area contributed by atoms with Gasteiger partial charge in [0.1, 0.15) is 11.4 Å². The SMILES string of the molecule is CC(C)(C)OC(=O)N1CCc2ccc(Cc3cnc(N)cn3)cc2CC1. The lowest BCUT2D eigenvalue weighted by Crippen LogP contribution is -2.38. The molecule has 6 heteroatoms. The largest absolute Gasteiger partial charge is 0.444 e. The third-order valence-electron chi connectivity index (χ3n) is 4.34. The second-order valence-electron chi connectivity index (χ2n) is 7.68. The molecule has 2 heterocycles. The molecule has 1 aliphatic heterocycles. The van der Waals surface area contributed by atoms with Gasteiger partial charge < -0.3 is 15.4 Å². The first-order chi connectivity index (χ1) is 12.3. The monoisotopic (exact) mass is 354 g/mol. The number of nitrogens with zero attached hydrogens (tertiary/aromatic N) is 3. The van der Waals surface area contributed by atoms with E-state index in [2.05, 4.69) is 28.2 Å². The Morgan fingerprint density at radius 3 is 2.54 bits per heavy atom. The predicted molar refractivity (Wildman–Crippen MR) is 101 cm³/mol. The van der Waals surface area contributed by atoms with Crippen LogP contribution in [0.25, 0.3) is 0 Å². The van der Waals surface area contributed by atoms with Crippen molar-refractivity contribution in [3.63, 3.8) is 0 Å². The van der Waals surface area contributed by atoms with Crippen LogP contribution in [-0.4, -0.2) is 39.7 Å². The zero-order valence-electron chi connectivity index (χ0n) is 15.7. The Labute approximate surface area is 154 Å². The number of benzene rings is 1. The molecule has 6 nitrogen and oxygen atoms in total. The summed E-state index contributed by atoms with van der Waals surface area (Å²) in [5.74, 6) is 0.429. The molecule has 0 atom stereocenters. The van der Waals surface area contributed by atoms with Gasteiger partial charge in [0.15, 0.2) is 0 Å². The van der Waals surface area contributed by atoms with Gasteiger partial charge in [-0.3, -0.25) is 4.98 Å². The Kier molecular flexibility index (Phi) is 5.11. The summed E-state index contributed by atoms with van der Waals surface area (Å²) in [7, 11) is 0. The number of rotatable bonds is 2. The minimum Gasteiger partial charge on any atom is -0.444 e. The van der Waals surface area contributed by atoms with Crippen molar-refractivity contribution >= 4 is 11.9 Å². The molecule has 138 valence electrons. The van der Waals surface area contributed by atoms with E-state index in [0.29, 0.717) is 18.9 Å². The number of carbonyl (C=O) groups excluding carboxylic acids is 1. The Bertz CT molecular complexity index is 781. The fourth-order valence-electron chi connectivity index (χ4n) is 3.06. The fourth-order valence-corrected chi connectivity index (χ4v) is 3.06. The van der Waals surface area contributed by atoms with Gasteiger partial charge in [0.2, 0.25) is 0 Å². The fraction of sp³-hybridized carbons (Fsp3) is 0.450. The zero-order chi connectivity index (χ0) is 18.7. The maximum atomic E-state index is 12.3. The molecule has 0 radical (unpaired) electrons. The third-order valence-corrected chi connectivity index (χ3v) is 4.34. The van der Waals surface area contributed by atoms with Crippen molar-refractivity contribution in [3.05, 3.63) is 53.0 Å². The summed E-state index contributed by atoms with van der Waals surface area (Å²) < 4.78 is 5.51. The molecule has 0 fully saturated rings. The van der Waals surface area contributed by atoms with Gasteiger partial charge in [-0.2, -0.15) is 0 Å². The maximum absolute atomic E-state index is 12.3. The first kappa shape index (κ1) is 18.2. The van der Waals surface area contributed by atoms with Crippen molar-refractivity contribution in [2.24, 2.45) is 0 Å². The molecule has 26 heavy (non-hydrogen) atoms. The van der Waals surface area contributed by atoms with Crippen molar-refractivity contribution in [1.82, 2.24) is 14.9 Å². The minimum absolute atomic E-state index is 0.234. The topological polar surface area (TPSA) is 81.3 Å². The lowest BCUT2D eigenvalue weighted by molar-refractivity contribution is 0.0258. The van der Waals surface area contributed by atoms with Crippen LogP contribution in [0.4, 0.5) is 10.6 Å². The molecular formula is C20H26N4O2. The summed E-state index contributed by atoms with van der Waals surface area (Å²) in [4.78, 5) is 22.5. The predicted octanol–water partition coefficient (Wildman–Crippen LogP) is 2.99. The molecule has 1 aliphatic rings. The summed E-state index contributed by atoms with van der Waals surface area (Å²) in [6, 6.07) is 6.50. The number of fused-ring (bicyclic) bond motifs is 1. The van der Waals surface area contributed by atoms with Crippen LogP contribution < -0.4 is 5.73 Å². The number of carbonyl (C=O) groups is 1. The summed E-state index contributed by atoms with van der Waals surface area (Å²) in [5.41, 5.74) is 9.78. The number of ether oxygens (including phenoxy) is 1. The first-order valence-corrected chi connectivity index (χ1v) is 8.95. The number of aromatic nitrogens is 2. The van der Waals surface area contributed by atoms with Crippen LogP contribution in [-0.2, 0) is 24.0 Å². The Hall–Kier alpha value is -2.63. The van der Waals surface area contributed by atoms with Gasteiger partial charge in [-0.1, -0.05) is 18.2 Å². The van der Waals surface area contributed by atoms with E-state index >= 15 is 0 Å². The van der Waals surface area contributed by atoms with Crippen molar-refractivity contribution in [2.75, 3.05) is 18.8 Å². The van der Waals surface area contributed by atoms with E-state index in [0.717, 1.165) is 25.0 Å². The number of amides is 1.